The Balaban J connectivity index is 2.71. The number of sulfone groups is 1. The van der Waals surface area contributed by atoms with Crippen molar-refractivity contribution < 1.29 is 8.42 Å². The molecule has 1 rings (SSSR count). The molecule has 0 aromatic heterocycles. The summed E-state index contributed by atoms with van der Waals surface area (Å²) in [6.07, 6.45) is 0. The highest BCUT2D eigenvalue weighted by atomic mass is 32.2. The van der Waals surface area contributed by atoms with Crippen molar-refractivity contribution in [3.05, 3.63) is 35.9 Å². The normalized spacial score (nSPS) is 14.4. The van der Waals surface area contributed by atoms with Crippen LogP contribution in [0, 0.1) is 0 Å². The van der Waals surface area contributed by atoms with Crippen molar-refractivity contribution in [2.45, 2.75) is 45.4 Å². The lowest BCUT2D eigenvalue weighted by Crippen LogP contribution is -2.39. The zero-order chi connectivity index (χ0) is 17.5. The van der Waals surface area contributed by atoms with E-state index >= 15 is 0 Å². The van der Waals surface area contributed by atoms with Crippen molar-refractivity contribution in [2.75, 3.05) is 18.8 Å². The largest absolute Gasteiger partial charge is 0.357 e. The number of guanidine groups is 1. The van der Waals surface area contributed by atoms with Gasteiger partial charge in [0.1, 0.15) is 0 Å². The van der Waals surface area contributed by atoms with E-state index in [4.69, 9.17) is 0 Å². The highest BCUT2D eigenvalue weighted by Crippen LogP contribution is 2.15. The second-order valence-corrected chi connectivity index (χ2v) is 9.33. The lowest BCUT2D eigenvalue weighted by atomic mass is 10.1. The molecule has 0 aliphatic carbocycles. The fourth-order valence-corrected chi connectivity index (χ4v) is 2.88. The van der Waals surface area contributed by atoms with Gasteiger partial charge < -0.3 is 10.6 Å². The molecule has 6 heteroatoms. The molecular formula is C17H29N3O2S. The van der Waals surface area contributed by atoms with Gasteiger partial charge in [0.25, 0.3) is 0 Å². The fraction of sp³-hybridized carbons (Fsp3) is 0.588. The third kappa shape index (κ3) is 6.22. The first-order valence-corrected chi connectivity index (χ1v) is 9.64. The van der Waals surface area contributed by atoms with Gasteiger partial charge in [-0.15, -0.1) is 0 Å². The van der Waals surface area contributed by atoms with Crippen molar-refractivity contribution in [1.82, 2.24) is 10.6 Å². The van der Waals surface area contributed by atoms with Gasteiger partial charge in [-0.3, -0.25) is 4.99 Å². The molecule has 0 aliphatic heterocycles. The molecule has 0 saturated heterocycles. The van der Waals surface area contributed by atoms with Gasteiger partial charge in [-0.05, 0) is 40.2 Å². The summed E-state index contributed by atoms with van der Waals surface area (Å²) in [5, 5.41) is 6.46. The summed E-state index contributed by atoms with van der Waals surface area (Å²) in [6, 6.07) is 10.2. The Hall–Kier alpha value is -1.56. The number of hydrogen-bond acceptors (Lipinski definition) is 3. The van der Waals surface area contributed by atoms with Crippen LogP contribution in [0.1, 0.15) is 46.2 Å². The second kappa shape index (κ2) is 8.34. The Morgan fingerprint density at radius 1 is 1.22 bits per heavy atom. The quantitative estimate of drug-likeness (QED) is 0.617. The van der Waals surface area contributed by atoms with E-state index in [0.717, 1.165) is 12.1 Å². The summed E-state index contributed by atoms with van der Waals surface area (Å²) >= 11 is 0. The molecule has 0 amide bonds. The lowest BCUT2D eigenvalue weighted by molar-refractivity contribution is 0.560. The second-order valence-electron chi connectivity index (χ2n) is 6.47. The van der Waals surface area contributed by atoms with Crippen molar-refractivity contribution in [3.63, 3.8) is 0 Å². The molecule has 1 aromatic rings. The molecule has 0 bridgehead atoms. The van der Waals surface area contributed by atoms with E-state index < -0.39 is 14.6 Å². The van der Waals surface area contributed by atoms with Crippen LogP contribution in [0.25, 0.3) is 0 Å². The number of nitrogens with one attached hydrogen (secondary N) is 2. The summed E-state index contributed by atoms with van der Waals surface area (Å²) in [5.41, 5.74) is 1.15. The summed E-state index contributed by atoms with van der Waals surface area (Å²) in [6.45, 7) is 10.1. The van der Waals surface area contributed by atoms with Crippen LogP contribution in [-0.4, -0.2) is 38.0 Å². The van der Waals surface area contributed by atoms with Crippen LogP contribution in [-0.2, 0) is 9.84 Å². The van der Waals surface area contributed by atoms with Gasteiger partial charge in [0.2, 0.25) is 0 Å². The molecule has 5 nitrogen and oxygen atoms in total. The van der Waals surface area contributed by atoms with Crippen LogP contribution in [0.2, 0.25) is 0 Å². The fourth-order valence-electron chi connectivity index (χ4n) is 1.93. The molecule has 0 aliphatic rings. The summed E-state index contributed by atoms with van der Waals surface area (Å²) in [7, 11) is -3.15. The smallest absolute Gasteiger partial charge is 0.191 e. The topological polar surface area (TPSA) is 70.6 Å². The van der Waals surface area contributed by atoms with Crippen molar-refractivity contribution in [2.24, 2.45) is 4.99 Å². The molecule has 130 valence electrons. The molecule has 1 atom stereocenters. The number of hydrogen-bond donors (Lipinski definition) is 2. The summed E-state index contributed by atoms with van der Waals surface area (Å²) in [5.74, 6) is 0.681. The van der Waals surface area contributed by atoms with Crippen molar-refractivity contribution >= 4 is 15.8 Å². The van der Waals surface area contributed by atoms with E-state index in [2.05, 4.69) is 15.6 Å². The monoisotopic (exact) mass is 339 g/mol. The Morgan fingerprint density at radius 2 is 1.83 bits per heavy atom. The molecule has 1 aromatic carbocycles. The van der Waals surface area contributed by atoms with Crippen molar-refractivity contribution in [1.29, 1.82) is 0 Å². The van der Waals surface area contributed by atoms with Gasteiger partial charge in [-0.1, -0.05) is 30.3 Å². The van der Waals surface area contributed by atoms with Gasteiger partial charge in [0, 0.05) is 6.54 Å². The van der Waals surface area contributed by atoms with Gasteiger partial charge in [-0.2, -0.15) is 0 Å². The molecule has 0 radical (unpaired) electrons. The molecule has 2 N–H and O–H groups in total. The molecule has 0 saturated carbocycles. The minimum atomic E-state index is -3.15. The number of benzene rings is 1. The lowest BCUT2D eigenvalue weighted by Gasteiger charge is -2.20. The molecular weight excluding hydrogens is 310 g/mol. The predicted octanol–water partition coefficient (Wildman–Crippen LogP) is 2.52. The van der Waals surface area contributed by atoms with E-state index in [0.29, 0.717) is 5.96 Å². The Kier molecular flexibility index (Phi) is 7.06. The van der Waals surface area contributed by atoms with Crippen LogP contribution < -0.4 is 10.6 Å². The first kappa shape index (κ1) is 19.5. The molecule has 0 spiro atoms. The third-order valence-electron chi connectivity index (χ3n) is 3.56. The van der Waals surface area contributed by atoms with E-state index in [1.54, 1.807) is 20.8 Å². The maximum absolute atomic E-state index is 12.1. The number of rotatable bonds is 6. The third-order valence-corrected chi connectivity index (χ3v) is 6.15. The van der Waals surface area contributed by atoms with Gasteiger partial charge in [0.05, 0.1) is 23.1 Å². The minimum Gasteiger partial charge on any atom is -0.357 e. The maximum Gasteiger partial charge on any atom is 0.191 e. The Labute approximate surface area is 140 Å². The summed E-state index contributed by atoms with van der Waals surface area (Å²) in [4.78, 5) is 4.39. The summed E-state index contributed by atoms with van der Waals surface area (Å²) < 4.78 is 23.5. The van der Waals surface area contributed by atoms with Gasteiger partial charge in [-0.25, -0.2) is 8.42 Å². The van der Waals surface area contributed by atoms with Crippen molar-refractivity contribution in [3.8, 4) is 0 Å². The number of aliphatic imine (C=N–C) groups is 1. The predicted molar refractivity (Wildman–Crippen MR) is 97.5 cm³/mol. The van der Waals surface area contributed by atoms with Crippen LogP contribution in [0.3, 0.4) is 0 Å². The van der Waals surface area contributed by atoms with E-state index in [9.17, 15) is 8.42 Å². The molecule has 1 unspecified atom stereocenters. The zero-order valence-electron chi connectivity index (χ0n) is 14.8. The SMILES string of the molecule is CCNC(=NCCS(=O)(=O)C(C)(C)C)NC(C)c1ccccc1. The molecule has 23 heavy (non-hydrogen) atoms. The van der Waals surface area contributed by atoms with E-state index in [-0.39, 0.29) is 18.3 Å². The van der Waals surface area contributed by atoms with Gasteiger partial charge in [0.15, 0.2) is 15.8 Å². The minimum absolute atomic E-state index is 0.0484. The van der Waals surface area contributed by atoms with Crippen LogP contribution in [0.15, 0.2) is 35.3 Å². The van der Waals surface area contributed by atoms with E-state index in [1.807, 2.05) is 44.2 Å². The first-order valence-electron chi connectivity index (χ1n) is 7.99. The van der Waals surface area contributed by atoms with Crippen LogP contribution in [0.4, 0.5) is 0 Å². The standard InChI is InChI=1S/C17H29N3O2S/c1-6-18-16(19-12-13-23(21,22)17(3,4)5)20-14(2)15-10-8-7-9-11-15/h7-11,14H,6,12-13H2,1-5H3,(H2,18,19,20). The molecule has 0 heterocycles. The Morgan fingerprint density at radius 3 is 2.35 bits per heavy atom. The first-order chi connectivity index (χ1) is 10.7. The van der Waals surface area contributed by atoms with Crippen LogP contribution in [0.5, 0.6) is 0 Å². The molecule has 0 fully saturated rings. The average molecular weight is 340 g/mol. The maximum atomic E-state index is 12.1. The van der Waals surface area contributed by atoms with E-state index in [1.165, 1.54) is 0 Å². The van der Waals surface area contributed by atoms with Crippen LogP contribution >= 0.6 is 0 Å². The highest BCUT2D eigenvalue weighted by Gasteiger charge is 2.28. The zero-order valence-corrected chi connectivity index (χ0v) is 15.6. The Bertz CT molecular complexity index is 604. The highest BCUT2D eigenvalue weighted by molar-refractivity contribution is 7.92. The number of nitrogens with zero attached hydrogens (tertiary/aromatic N) is 1. The average Bonchev–Trinajstić information content (AvgIpc) is 2.47. The van der Waals surface area contributed by atoms with Gasteiger partial charge >= 0.3 is 0 Å².